The van der Waals surface area contributed by atoms with Crippen LogP contribution in [0.15, 0.2) is 53.0 Å². The average molecular weight is 389 g/mol. The number of benzene rings is 1. The van der Waals surface area contributed by atoms with E-state index in [2.05, 4.69) is 35.6 Å². The van der Waals surface area contributed by atoms with Gasteiger partial charge >= 0.3 is 6.36 Å². The molecule has 0 N–H and O–H groups in total. The van der Waals surface area contributed by atoms with Crippen molar-refractivity contribution < 1.29 is 17.9 Å². The molecule has 0 atom stereocenters. The first-order valence-corrected chi connectivity index (χ1v) is 7.21. The summed E-state index contributed by atoms with van der Waals surface area (Å²) in [5.41, 5.74) is 0.893. The molecule has 1 aliphatic rings. The van der Waals surface area contributed by atoms with Crippen LogP contribution in [0.3, 0.4) is 0 Å². The lowest BCUT2D eigenvalue weighted by molar-refractivity contribution is -0.274. The van der Waals surface area contributed by atoms with Crippen LogP contribution >= 0.6 is 15.9 Å². The van der Waals surface area contributed by atoms with Gasteiger partial charge in [0.05, 0.1) is 0 Å². The second-order valence-corrected chi connectivity index (χ2v) is 5.15. The van der Waals surface area contributed by atoms with Gasteiger partial charge in [-0.1, -0.05) is 17.7 Å². The maximum absolute atomic E-state index is 11.6. The van der Waals surface area contributed by atoms with E-state index in [-0.39, 0.29) is 5.75 Å². The molecule has 0 amide bonds. The molecule has 5 nitrogen and oxygen atoms in total. The smallest absolute Gasteiger partial charge is 0.406 e. The van der Waals surface area contributed by atoms with Gasteiger partial charge in [-0.3, -0.25) is 9.56 Å². The van der Waals surface area contributed by atoms with Gasteiger partial charge in [-0.15, -0.1) is 13.2 Å². The summed E-state index contributed by atoms with van der Waals surface area (Å²) in [6, 6.07) is 5.67. The third-order valence-corrected chi connectivity index (χ3v) is 3.06. The molecule has 122 valence electrons. The van der Waals surface area contributed by atoms with E-state index in [0.717, 1.165) is 11.4 Å². The molecule has 0 saturated carbocycles. The molecule has 0 spiro atoms. The van der Waals surface area contributed by atoms with Gasteiger partial charge in [0.25, 0.3) is 0 Å². The first-order valence-electron chi connectivity index (χ1n) is 6.42. The number of alkyl halides is 3. The minimum absolute atomic E-state index is 0.187. The van der Waals surface area contributed by atoms with Crippen LogP contribution in [0.25, 0.3) is 0 Å². The minimum atomic E-state index is -4.60. The highest BCUT2D eigenvalue weighted by Crippen LogP contribution is 2.22. The molecule has 9 heteroatoms. The van der Waals surface area contributed by atoms with Crippen molar-refractivity contribution in [3.8, 4) is 5.75 Å². The Bertz CT molecular complexity index is 694. The Kier molecular flexibility index (Phi) is 5.54. The third-order valence-electron chi connectivity index (χ3n) is 2.63. The van der Waals surface area contributed by atoms with Gasteiger partial charge in [-0.25, -0.2) is 9.98 Å². The molecule has 0 radical (unpaired) electrons. The van der Waals surface area contributed by atoms with E-state index in [1.807, 2.05) is 10.8 Å². The Labute approximate surface area is 138 Å². The van der Waals surface area contributed by atoms with E-state index in [0.29, 0.717) is 11.3 Å². The molecule has 1 aromatic heterocycles. The molecule has 0 unspecified atom stereocenters. The Morgan fingerprint density at radius 1 is 1.22 bits per heavy atom. The highest BCUT2D eigenvalue weighted by molar-refractivity contribution is 9.18. The van der Waals surface area contributed by atoms with Gasteiger partial charge in [0.2, 0.25) is 0 Å². The zero-order valence-electron chi connectivity index (χ0n) is 12.0. The van der Waals surface area contributed by atoms with Crippen molar-refractivity contribution in [2.24, 2.45) is 9.98 Å². The molecule has 2 aromatic rings. The number of aliphatic imine (C=N–C) groups is 2. The molecule has 0 saturated heterocycles. The summed E-state index contributed by atoms with van der Waals surface area (Å²) in [7, 11) is 0. The third kappa shape index (κ3) is 5.85. The van der Waals surface area contributed by atoms with E-state index in [4.69, 9.17) is 0 Å². The minimum Gasteiger partial charge on any atom is -0.406 e. The lowest BCUT2D eigenvalue weighted by Crippen LogP contribution is -2.16. The Morgan fingerprint density at radius 3 is 2.39 bits per heavy atom. The van der Waals surface area contributed by atoms with Crippen LogP contribution in [0.4, 0.5) is 13.2 Å². The zero-order valence-corrected chi connectivity index (χ0v) is 13.5. The highest BCUT2D eigenvalue weighted by Gasteiger charge is 2.30. The number of halogens is 4. The molecule has 0 aliphatic carbocycles. The van der Waals surface area contributed by atoms with Crippen LogP contribution in [-0.4, -0.2) is 33.0 Å². The summed E-state index contributed by atoms with van der Waals surface area (Å²) in [5, 5.41) is 0. The first-order chi connectivity index (χ1) is 10.8. The summed E-state index contributed by atoms with van der Waals surface area (Å²) >= 11 is 3.19. The summed E-state index contributed by atoms with van der Waals surface area (Å²) in [6.45, 7) is 2.41. The van der Waals surface area contributed by atoms with Crippen LogP contribution in [0.1, 0.15) is 5.56 Å². The normalized spacial score (nSPS) is 13.8. The van der Waals surface area contributed by atoms with Crippen molar-refractivity contribution in [1.82, 2.24) is 9.55 Å². The molecule has 1 aromatic carbocycles. The van der Waals surface area contributed by atoms with Crippen molar-refractivity contribution in [1.29, 1.82) is 0 Å². The van der Waals surface area contributed by atoms with Crippen LogP contribution in [0.2, 0.25) is 0 Å². The Morgan fingerprint density at radius 2 is 1.91 bits per heavy atom. The monoisotopic (exact) mass is 388 g/mol. The fraction of sp³-hybridized carbons (Fsp3) is 0.214. The van der Waals surface area contributed by atoms with Gasteiger partial charge in [0, 0.05) is 12.4 Å². The molecule has 3 rings (SSSR count). The molecule has 2 heterocycles. The van der Waals surface area contributed by atoms with E-state index < -0.39 is 6.36 Å². The molecule has 0 bridgehead atoms. The van der Waals surface area contributed by atoms with Gasteiger partial charge in [-0.2, -0.15) is 0 Å². The summed E-state index contributed by atoms with van der Waals surface area (Å²) in [4.78, 5) is 12.1. The van der Waals surface area contributed by atoms with E-state index >= 15 is 0 Å². The Hall–Kier alpha value is -2.16. The summed E-state index contributed by atoms with van der Waals surface area (Å²) in [6.07, 6.45) is 0.671. The number of imidazole rings is 1. The maximum atomic E-state index is 11.6. The summed E-state index contributed by atoms with van der Waals surface area (Å²) in [5.74, 6) is 0.711. The number of rotatable bonds is 1. The van der Waals surface area contributed by atoms with E-state index in [1.165, 1.54) is 12.1 Å². The second-order valence-electron chi connectivity index (χ2n) is 4.44. The molecular formula is C14H12BrF3N4O. The average Bonchev–Trinajstić information content (AvgIpc) is 3.11. The molecule has 23 heavy (non-hydrogen) atoms. The van der Waals surface area contributed by atoms with Crippen molar-refractivity contribution in [3.63, 3.8) is 0 Å². The Balaban J connectivity index is 0.000000167. The van der Waals surface area contributed by atoms with E-state index in [9.17, 15) is 13.2 Å². The van der Waals surface area contributed by atoms with Gasteiger partial charge in [-0.05, 0) is 35.0 Å². The number of nitrogens with zero attached hydrogens (tertiary/aromatic N) is 4. The van der Waals surface area contributed by atoms with Crippen molar-refractivity contribution in [2.45, 2.75) is 13.3 Å². The van der Waals surface area contributed by atoms with Crippen LogP contribution in [-0.2, 0) is 0 Å². The van der Waals surface area contributed by atoms with Crippen LogP contribution in [0, 0.1) is 6.92 Å². The zero-order chi connectivity index (χ0) is 16.9. The SMILES string of the molecule is BrC1=NCC(n2ccnc2)=N1.Cc1ccc(OC(F)(F)F)cc1. The predicted molar refractivity (Wildman–Crippen MR) is 84.2 cm³/mol. The fourth-order valence-electron chi connectivity index (χ4n) is 1.60. The summed E-state index contributed by atoms with van der Waals surface area (Å²) < 4.78 is 41.0. The number of ether oxygens (including phenoxy) is 1. The predicted octanol–water partition coefficient (Wildman–Crippen LogP) is 3.79. The fourth-order valence-corrected chi connectivity index (χ4v) is 1.93. The van der Waals surface area contributed by atoms with Crippen LogP contribution in [0.5, 0.6) is 5.75 Å². The molecule has 1 aliphatic heterocycles. The molecular weight excluding hydrogens is 377 g/mol. The van der Waals surface area contributed by atoms with Gasteiger partial charge in [0.15, 0.2) is 4.74 Å². The van der Waals surface area contributed by atoms with E-state index in [1.54, 1.807) is 31.6 Å². The van der Waals surface area contributed by atoms with Crippen molar-refractivity contribution in [2.75, 3.05) is 6.54 Å². The standard InChI is InChI=1S/C8H7F3O.C6H5BrN4/c1-6-2-4-7(5-3-6)12-8(9,10)11;7-6-9-3-5(10-6)11-2-1-8-4-11/h2-5H,1H3;1-2,4H,3H2. The number of hydrogen-bond acceptors (Lipinski definition) is 4. The van der Waals surface area contributed by atoms with Gasteiger partial charge in [0.1, 0.15) is 24.5 Å². The largest absolute Gasteiger partial charge is 0.573 e. The van der Waals surface area contributed by atoms with Gasteiger partial charge < -0.3 is 4.74 Å². The lowest BCUT2D eigenvalue weighted by atomic mass is 10.2. The van der Waals surface area contributed by atoms with Crippen LogP contribution < -0.4 is 4.74 Å². The quantitative estimate of drug-likeness (QED) is 0.697. The number of aryl methyl sites for hydroxylation is 1. The second kappa shape index (κ2) is 7.40. The number of aromatic nitrogens is 2. The first kappa shape index (κ1) is 17.2. The van der Waals surface area contributed by atoms with Crippen molar-refractivity contribution in [3.05, 3.63) is 48.5 Å². The highest BCUT2D eigenvalue weighted by atomic mass is 79.9. The number of hydrogen-bond donors (Lipinski definition) is 0. The topological polar surface area (TPSA) is 51.8 Å². The maximum Gasteiger partial charge on any atom is 0.573 e. The molecule has 0 fully saturated rings. The lowest BCUT2D eigenvalue weighted by Gasteiger charge is -2.08. The van der Waals surface area contributed by atoms with Crippen molar-refractivity contribution >= 4 is 26.5 Å². The number of amidine groups is 1.